The number of rotatable bonds is 9. The predicted molar refractivity (Wildman–Crippen MR) is 111 cm³/mol. The molecule has 0 aliphatic carbocycles. The first kappa shape index (κ1) is 19.9. The molecule has 0 bridgehead atoms. The molecule has 0 saturated heterocycles. The van der Waals surface area contributed by atoms with Gasteiger partial charge in [-0.2, -0.15) is 0 Å². The van der Waals surface area contributed by atoms with Crippen molar-refractivity contribution in [3.05, 3.63) is 53.2 Å². The number of nitrogens with one attached hydrogen (secondary N) is 1. The Hall–Kier alpha value is -2.82. The summed E-state index contributed by atoms with van der Waals surface area (Å²) in [5.41, 5.74) is 4.81. The van der Waals surface area contributed by atoms with Crippen LogP contribution in [0.3, 0.4) is 0 Å². The topological polar surface area (TPSA) is 49.0 Å². The fourth-order valence-corrected chi connectivity index (χ4v) is 3.40. The van der Waals surface area contributed by atoms with Gasteiger partial charge in [-0.25, -0.2) is 0 Å². The van der Waals surface area contributed by atoms with Gasteiger partial charge in [0.15, 0.2) is 11.5 Å². The second kappa shape index (κ2) is 9.40. The second-order valence-corrected chi connectivity index (χ2v) is 6.66. The minimum atomic E-state index is 0.622. The van der Waals surface area contributed by atoms with E-state index in [1.165, 1.54) is 16.7 Å². The maximum Gasteiger partial charge on any atom is 0.203 e. The van der Waals surface area contributed by atoms with Crippen molar-refractivity contribution in [2.24, 2.45) is 0 Å². The van der Waals surface area contributed by atoms with Crippen LogP contribution < -0.4 is 24.3 Å². The van der Waals surface area contributed by atoms with Gasteiger partial charge in [-0.05, 0) is 66.3 Å². The molecule has 0 radical (unpaired) electrons. The van der Waals surface area contributed by atoms with Crippen molar-refractivity contribution in [2.45, 2.75) is 33.2 Å². The summed E-state index contributed by atoms with van der Waals surface area (Å²) in [6.45, 7) is 6.16. The van der Waals surface area contributed by atoms with E-state index >= 15 is 0 Å². The average Bonchev–Trinajstić information content (AvgIpc) is 2.72. The molecule has 1 N–H and O–H groups in total. The van der Waals surface area contributed by atoms with Crippen molar-refractivity contribution in [1.82, 2.24) is 5.32 Å². The summed E-state index contributed by atoms with van der Waals surface area (Å²) in [6, 6.07) is 10.3. The van der Waals surface area contributed by atoms with Crippen LogP contribution in [0.4, 0.5) is 0 Å². The van der Waals surface area contributed by atoms with E-state index < -0.39 is 0 Å². The molecule has 0 unspecified atom stereocenters. The number of methoxy groups -OCH3 is 2. The summed E-state index contributed by atoms with van der Waals surface area (Å²) in [4.78, 5) is 0. The van der Waals surface area contributed by atoms with Crippen molar-refractivity contribution in [2.75, 3.05) is 27.4 Å². The minimum absolute atomic E-state index is 0.622. The van der Waals surface area contributed by atoms with E-state index in [4.69, 9.17) is 18.9 Å². The molecule has 1 aliphatic rings. The SMILES string of the molecule is CCCOc1c(OC)cc(CC2=CNCc3cc(OCC)ccc32)cc1OC. The molecule has 0 fully saturated rings. The van der Waals surface area contributed by atoms with Gasteiger partial charge in [0.2, 0.25) is 5.75 Å². The molecule has 28 heavy (non-hydrogen) atoms. The first-order chi connectivity index (χ1) is 13.7. The van der Waals surface area contributed by atoms with Crippen LogP contribution in [0.1, 0.15) is 37.0 Å². The van der Waals surface area contributed by atoms with E-state index in [0.29, 0.717) is 30.5 Å². The van der Waals surface area contributed by atoms with Crippen LogP contribution in [0.25, 0.3) is 5.57 Å². The van der Waals surface area contributed by atoms with Crippen LogP contribution in [0, 0.1) is 0 Å². The summed E-state index contributed by atoms with van der Waals surface area (Å²) < 4.78 is 22.6. The van der Waals surface area contributed by atoms with Gasteiger partial charge in [0.05, 0.1) is 27.4 Å². The van der Waals surface area contributed by atoms with Gasteiger partial charge in [-0.3, -0.25) is 0 Å². The molecule has 2 aromatic rings. The lowest BCUT2D eigenvalue weighted by Gasteiger charge is -2.21. The smallest absolute Gasteiger partial charge is 0.203 e. The van der Waals surface area contributed by atoms with Crippen molar-refractivity contribution in [1.29, 1.82) is 0 Å². The molecule has 0 saturated carbocycles. The number of allylic oxidation sites excluding steroid dienone is 1. The lowest BCUT2D eigenvalue weighted by atomic mass is 9.92. The summed E-state index contributed by atoms with van der Waals surface area (Å²) in [5.74, 6) is 2.95. The number of hydrogen-bond donors (Lipinski definition) is 1. The van der Waals surface area contributed by atoms with Crippen molar-refractivity contribution >= 4 is 5.57 Å². The molecule has 2 aromatic carbocycles. The Morgan fingerprint density at radius 2 is 1.71 bits per heavy atom. The van der Waals surface area contributed by atoms with Crippen molar-refractivity contribution in [3.8, 4) is 23.0 Å². The molecule has 0 aromatic heterocycles. The molecule has 0 amide bonds. The van der Waals surface area contributed by atoms with Crippen LogP contribution >= 0.6 is 0 Å². The highest BCUT2D eigenvalue weighted by atomic mass is 16.5. The minimum Gasteiger partial charge on any atom is -0.494 e. The summed E-state index contributed by atoms with van der Waals surface area (Å²) >= 11 is 0. The Bertz CT molecular complexity index is 819. The highest BCUT2D eigenvalue weighted by Crippen LogP contribution is 2.40. The third-order valence-corrected chi connectivity index (χ3v) is 4.67. The fraction of sp³-hybridized carbons (Fsp3) is 0.391. The molecule has 1 heterocycles. The standard InChI is InChI=1S/C23H29NO4/c1-5-9-28-23-21(25-3)11-16(12-22(23)26-4)10-17-14-24-15-18-13-19(27-6-2)7-8-20(17)18/h7-8,11-14,24H,5-6,9-10,15H2,1-4H3. The van der Waals surface area contributed by atoms with Crippen LogP contribution in [-0.4, -0.2) is 27.4 Å². The van der Waals surface area contributed by atoms with E-state index in [1.54, 1.807) is 14.2 Å². The van der Waals surface area contributed by atoms with Gasteiger partial charge in [-0.1, -0.05) is 13.0 Å². The van der Waals surface area contributed by atoms with E-state index in [0.717, 1.165) is 30.7 Å². The van der Waals surface area contributed by atoms with Crippen molar-refractivity contribution in [3.63, 3.8) is 0 Å². The molecular weight excluding hydrogens is 354 g/mol. The molecule has 5 heteroatoms. The Kier molecular flexibility index (Phi) is 6.69. The van der Waals surface area contributed by atoms with Gasteiger partial charge in [0.1, 0.15) is 5.75 Å². The van der Waals surface area contributed by atoms with E-state index in [1.807, 2.05) is 25.1 Å². The van der Waals surface area contributed by atoms with Crippen LogP contribution in [-0.2, 0) is 13.0 Å². The maximum absolute atomic E-state index is 5.85. The first-order valence-electron chi connectivity index (χ1n) is 9.76. The molecule has 150 valence electrons. The van der Waals surface area contributed by atoms with Gasteiger partial charge >= 0.3 is 0 Å². The van der Waals surface area contributed by atoms with E-state index in [9.17, 15) is 0 Å². The molecule has 0 spiro atoms. The lowest BCUT2D eigenvalue weighted by Crippen LogP contribution is -2.15. The number of ether oxygens (including phenoxy) is 4. The summed E-state index contributed by atoms with van der Waals surface area (Å²) in [6.07, 6.45) is 3.77. The lowest BCUT2D eigenvalue weighted by molar-refractivity contribution is 0.274. The molecule has 3 rings (SSSR count). The highest BCUT2D eigenvalue weighted by molar-refractivity contribution is 5.73. The van der Waals surface area contributed by atoms with Crippen LogP contribution in [0.2, 0.25) is 0 Å². The Labute approximate surface area is 167 Å². The Morgan fingerprint density at radius 3 is 2.36 bits per heavy atom. The van der Waals surface area contributed by atoms with Gasteiger partial charge in [-0.15, -0.1) is 0 Å². The fourth-order valence-electron chi connectivity index (χ4n) is 3.40. The highest BCUT2D eigenvalue weighted by Gasteiger charge is 2.18. The van der Waals surface area contributed by atoms with Gasteiger partial charge < -0.3 is 24.3 Å². The Balaban J connectivity index is 1.89. The number of benzene rings is 2. The average molecular weight is 383 g/mol. The molecule has 0 atom stereocenters. The van der Waals surface area contributed by atoms with Gasteiger partial charge in [0.25, 0.3) is 0 Å². The zero-order valence-corrected chi connectivity index (χ0v) is 17.1. The normalized spacial score (nSPS) is 12.5. The third kappa shape index (κ3) is 4.35. The summed E-state index contributed by atoms with van der Waals surface area (Å²) in [7, 11) is 3.31. The third-order valence-electron chi connectivity index (χ3n) is 4.67. The Morgan fingerprint density at radius 1 is 0.964 bits per heavy atom. The maximum atomic E-state index is 5.85. The second-order valence-electron chi connectivity index (χ2n) is 6.66. The molecular formula is C23H29NO4. The number of hydrogen-bond acceptors (Lipinski definition) is 5. The molecule has 5 nitrogen and oxygen atoms in total. The number of fused-ring (bicyclic) bond motifs is 1. The monoisotopic (exact) mass is 383 g/mol. The van der Waals surface area contributed by atoms with Crippen LogP contribution in [0.5, 0.6) is 23.0 Å². The molecule has 1 aliphatic heterocycles. The predicted octanol–water partition coefficient (Wildman–Crippen LogP) is 4.58. The first-order valence-corrected chi connectivity index (χ1v) is 9.76. The van der Waals surface area contributed by atoms with Crippen LogP contribution in [0.15, 0.2) is 36.5 Å². The van der Waals surface area contributed by atoms with E-state index in [2.05, 4.69) is 30.6 Å². The van der Waals surface area contributed by atoms with Gasteiger partial charge in [0, 0.05) is 12.7 Å². The zero-order valence-electron chi connectivity index (χ0n) is 17.1. The van der Waals surface area contributed by atoms with E-state index in [-0.39, 0.29) is 0 Å². The zero-order chi connectivity index (χ0) is 19.9. The summed E-state index contributed by atoms with van der Waals surface area (Å²) in [5, 5.41) is 3.37. The quantitative estimate of drug-likeness (QED) is 0.687. The largest absolute Gasteiger partial charge is 0.494 e. The van der Waals surface area contributed by atoms with Crippen molar-refractivity contribution < 1.29 is 18.9 Å².